The number of piperidine rings is 1. The summed E-state index contributed by atoms with van der Waals surface area (Å²) in [6.45, 7) is 7.12. The normalized spacial score (nSPS) is 17.6. The molecular weight excluding hydrogens is 552 g/mol. The summed E-state index contributed by atoms with van der Waals surface area (Å²) in [6.07, 6.45) is 4.43. The summed E-state index contributed by atoms with van der Waals surface area (Å²) in [5, 5.41) is 0. The fourth-order valence-electron chi connectivity index (χ4n) is 6.58. The summed E-state index contributed by atoms with van der Waals surface area (Å²) >= 11 is 0. The van der Waals surface area contributed by atoms with E-state index in [4.69, 9.17) is 9.47 Å². The van der Waals surface area contributed by atoms with Crippen LogP contribution in [0, 0.1) is 18.6 Å². The van der Waals surface area contributed by atoms with Crippen molar-refractivity contribution in [3.8, 4) is 16.9 Å². The average Bonchev–Trinajstić information content (AvgIpc) is 3.84. The molecule has 2 fully saturated rings. The molecule has 3 heterocycles. The van der Waals surface area contributed by atoms with E-state index in [0.717, 1.165) is 73.8 Å². The number of hydrogen-bond donors (Lipinski definition) is 0. The lowest BCUT2D eigenvalue weighted by Gasteiger charge is -2.40. The summed E-state index contributed by atoms with van der Waals surface area (Å²) in [4.78, 5) is 34.6. The van der Waals surface area contributed by atoms with Gasteiger partial charge in [0.25, 0.3) is 5.91 Å². The number of hydrogen-bond acceptors (Lipinski definition) is 6. The Bertz CT molecular complexity index is 1560. The molecule has 9 heteroatoms. The molecule has 1 amide bonds. The number of esters is 1. The first-order valence-electron chi connectivity index (χ1n) is 15.1. The molecular formula is C34H37F2N3O4. The number of fused-ring (bicyclic) bond motifs is 1. The minimum atomic E-state index is -0.597. The maximum absolute atomic E-state index is 14.9. The SMILES string of the molecule is CCOc1cc(CN2CCC(N3CCc4nc(C)c(C(=O)OC)cc4C3=O)CC2)cc(C2CC2)c1-c1ccc(F)cc1F. The summed E-state index contributed by atoms with van der Waals surface area (Å²) in [5.41, 5.74) is 5.41. The van der Waals surface area contributed by atoms with E-state index >= 15 is 0 Å². The number of carbonyl (C=O) groups excluding carboxylic acids is 2. The van der Waals surface area contributed by atoms with Crippen molar-refractivity contribution in [1.82, 2.24) is 14.8 Å². The Kier molecular flexibility index (Phi) is 8.18. The largest absolute Gasteiger partial charge is 0.493 e. The van der Waals surface area contributed by atoms with Crippen LogP contribution in [0.15, 0.2) is 36.4 Å². The first-order chi connectivity index (χ1) is 20.8. The molecule has 6 rings (SSSR count). The number of nitrogens with zero attached hydrogens (tertiary/aromatic N) is 3. The molecule has 1 saturated carbocycles. The summed E-state index contributed by atoms with van der Waals surface area (Å²) in [7, 11) is 1.33. The Morgan fingerprint density at radius 2 is 1.79 bits per heavy atom. The van der Waals surface area contributed by atoms with Crippen LogP contribution in [0.1, 0.15) is 81.8 Å². The Morgan fingerprint density at radius 3 is 2.47 bits per heavy atom. The third-order valence-corrected chi connectivity index (χ3v) is 8.89. The van der Waals surface area contributed by atoms with Gasteiger partial charge in [0.05, 0.1) is 36.2 Å². The summed E-state index contributed by atoms with van der Waals surface area (Å²) in [6, 6.07) is 9.66. The minimum Gasteiger partial charge on any atom is -0.493 e. The van der Waals surface area contributed by atoms with Crippen LogP contribution >= 0.6 is 0 Å². The molecule has 226 valence electrons. The summed E-state index contributed by atoms with van der Waals surface area (Å²) < 4.78 is 39.5. The first kappa shape index (κ1) is 29.2. The van der Waals surface area contributed by atoms with E-state index in [0.29, 0.717) is 53.6 Å². The third kappa shape index (κ3) is 5.87. The number of methoxy groups -OCH3 is 1. The number of halogens is 2. The molecule has 1 aliphatic carbocycles. The highest BCUT2D eigenvalue weighted by molar-refractivity contribution is 6.00. The van der Waals surface area contributed by atoms with Crippen molar-refractivity contribution in [2.45, 2.75) is 64.5 Å². The van der Waals surface area contributed by atoms with Crippen molar-refractivity contribution >= 4 is 11.9 Å². The van der Waals surface area contributed by atoms with Gasteiger partial charge in [0.15, 0.2) is 0 Å². The molecule has 2 aliphatic heterocycles. The van der Waals surface area contributed by atoms with Crippen LogP contribution in [0.5, 0.6) is 5.75 Å². The lowest BCUT2D eigenvalue weighted by molar-refractivity contribution is 0.0543. The number of likely N-dealkylation sites (tertiary alicyclic amines) is 1. The van der Waals surface area contributed by atoms with Gasteiger partial charge in [0.2, 0.25) is 0 Å². The molecule has 2 aromatic carbocycles. The number of carbonyl (C=O) groups is 2. The molecule has 7 nitrogen and oxygen atoms in total. The van der Waals surface area contributed by atoms with Crippen molar-refractivity contribution in [1.29, 1.82) is 0 Å². The predicted octanol–water partition coefficient (Wildman–Crippen LogP) is 6.06. The second kappa shape index (κ2) is 12.0. The van der Waals surface area contributed by atoms with Gasteiger partial charge in [0.1, 0.15) is 17.4 Å². The van der Waals surface area contributed by atoms with E-state index in [2.05, 4.69) is 16.0 Å². The van der Waals surface area contributed by atoms with E-state index in [9.17, 15) is 18.4 Å². The fourth-order valence-corrected chi connectivity index (χ4v) is 6.58. The zero-order valence-corrected chi connectivity index (χ0v) is 24.9. The molecule has 0 bridgehead atoms. The smallest absolute Gasteiger partial charge is 0.339 e. The number of aryl methyl sites for hydroxylation is 1. The van der Waals surface area contributed by atoms with E-state index in [1.807, 2.05) is 17.9 Å². The Hall–Kier alpha value is -3.85. The van der Waals surface area contributed by atoms with Crippen LogP contribution in [0.4, 0.5) is 8.78 Å². The number of aromatic nitrogens is 1. The van der Waals surface area contributed by atoms with Gasteiger partial charge >= 0.3 is 5.97 Å². The second-order valence-corrected chi connectivity index (χ2v) is 11.8. The van der Waals surface area contributed by atoms with Gasteiger partial charge in [0, 0.05) is 55.8 Å². The highest BCUT2D eigenvalue weighted by Crippen LogP contribution is 2.49. The van der Waals surface area contributed by atoms with E-state index in [-0.39, 0.29) is 11.9 Å². The molecule has 3 aromatic rings. The Labute approximate surface area is 250 Å². The van der Waals surface area contributed by atoms with Gasteiger partial charge in [-0.3, -0.25) is 14.7 Å². The van der Waals surface area contributed by atoms with Gasteiger partial charge in [-0.15, -0.1) is 0 Å². The second-order valence-electron chi connectivity index (χ2n) is 11.8. The predicted molar refractivity (Wildman–Crippen MR) is 158 cm³/mol. The van der Waals surface area contributed by atoms with Gasteiger partial charge in [-0.25, -0.2) is 13.6 Å². The minimum absolute atomic E-state index is 0.0728. The topological polar surface area (TPSA) is 72.0 Å². The number of amides is 1. The van der Waals surface area contributed by atoms with Crippen LogP contribution < -0.4 is 4.74 Å². The highest BCUT2D eigenvalue weighted by atomic mass is 19.1. The van der Waals surface area contributed by atoms with Gasteiger partial charge in [-0.05, 0) is 80.8 Å². The molecule has 3 aliphatic rings. The van der Waals surface area contributed by atoms with Gasteiger partial charge in [-0.2, -0.15) is 0 Å². The molecule has 0 spiro atoms. The monoisotopic (exact) mass is 589 g/mol. The van der Waals surface area contributed by atoms with Crippen molar-refractivity contribution < 1.29 is 27.8 Å². The lowest BCUT2D eigenvalue weighted by atomic mass is 9.92. The van der Waals surface area contributed by atoms with Crippen LogP contribution in [0.3, 0.4) is 0 Å². The van der Waals surface area contributed by atoms with Crippen LogP contribution in [-0.4, -0.2) is 66.1 Å². The zero-order valence-electron chi connectivity index (χ0n) is 24.9. The fraction of sp³-hybridized carbons (Fsp3) is 0.441. The zero-order chi connectivity index (χ0) is 30.2. The van der Waals surface area contributed by atoms with Crippen LogP contribution in [-0.2, 0) is 17.7 Å². The molecule has 0 atom stereocenters. The van der Waals surface area contributed by atoms with Crippen molar-refractivity contribution in [2.75, 3.05) is 33.4 Å². The molecule has 1 saturated heterocycles. The van der Waals surface area contributed by atoms with Crippen molar-refractivity contribution in [2.24, 2.45) is 0 Å². The van der Waals surface area contributed by atoms with E-state index in [1.165, 1.54) is 19.2 Å². The molecule has 0 radical (unpaired) electrons. The average molecular weight is 590 g/mol. The lowest BCUT2D eigenvalue weighted by Crippen LogP contribution is -2.50. The standard InChI is InChI=1S/C34H37F2N3O4/c1-4-43-31-16-21(15-27(22-5-6-22)32(31)25-8-7-23(35)17-29(25)36)19-38-12-9-24(10-13-38)39-14-11-30-28(33(39)40)18-26(20(2)37-30)34(41)42-3/h7-8,15-18,22,24H,4-6,9-14,19H2,1-3H3. The Balaban J connectivity index is 1.17. The van der Waals surface area contributed by atoms with E-state index in [1.54, 1.807) is 13.0 Å². The highest BCUT2D eigenvalue weighted by Gasteiger charge is 2.35. The molecule has 1 aromatic heterocycles. The Morgan fingerprint density at radius 1 is 1.02 bits per heavy atom. The molecule has 0 unspecified atom stereocenters. The molecule has 0 N–H and O–H groups in total. The van der Waals surface area contributed by atoms with Crippen molar-refractivity contribution in [3.63, 3.8) is 0 Å². The summed E-state index contributed by atoms with van der Waals surface area (Å²) in [5.74, 6) is -0.763. The quantitative estimate of drug-likeness (QED) is 0.298. The van der Waals surface area contributed by atoms with Crippen LogP contribution in [0.25, 0.3) is 11.1 Å². The third-order valence-electron chi connectivity index (χ3n) is 8.89. The van der Waals surface area contributed by atoms with Crippen LogP contribution in [0.2, 0.25) is 0 Å². The van der Waals surface area contributed by atoms with Crippen molar-refractivity contribution in [3.05, 3.63) is 81.7 Å². The molecule has 43 heavy (non-hydrogen) atoms. The van der Waals surface area contributed by atoms with E-state index < -0.39 is 17.6 Å². The maximum Gasteiger partial charge on any atom is 0.339 e. The first-order valence-corrected chi connectivity index (χ1v) is 15.1. The number of pyridine rings is 1. The number of rotatable bonds is 8. The van der Waals surface area contributed by atoms with Gasteiger partial charge < -0.3 is 14.4 Å². The van der Waals surface area contributed by atoms with Gasteiger partial charge in [-0.1, -0.05) is 6.07 Å². The maximum atomic E-state index is 14.9. The number of benzene rings is 2. The number of ether oxygens (including phenoxy) is 2.